The molecular weight excluding hydrogens is 312 g/mol. The summed E-state index contributed by atoms with van der Waals surface area (Å²) in [5.41, 5.74) is 1.85. The molecule has 22 heavy (non-hydrogen) atoms. The van der Waals surface area contributed by atoms with Crippen LogP contribution in [0.4, 0.5) is 5.13 Å². The molecule has 0 bridgehead atoms. The molecule has 1 aliphatic rings. The van der Waals surface area contributed by atoms with Crippen molar-refractivity contribution < 1.29 is 4.79 Å². The Morgan fingerprint density at radius 2 is 1.95 bits per heavy atom. The summed E-state index contributed by atoms with van der Waals surface area (Å²) >= 11 is 3.06. The molecule has 0 radical (unpaired) electrons. The van der Waals surface area contributed by atoms with Crippen molar-refractivity contribution in [3.8, 4) is 0 Å². The predicted molar refractivity (Wildman–Crippen MR) is 93.9 cm³/mol. The highest BCUT2D eigenvalue weighted by Crippen LogP contribution is 2.44. The number of rotatable bonds is 3. The Morgan fingerprint density at radius 3 is 2.59 bits per heavy atom. The second-order valence-corrected chi connectivity index (χ2v) is 8.24. The first-order valence-corrected chi connectivity index (χ1v) is 9.65. The van der Waals surface area contributed by atoms with E-state index in [1.165, 1.54) is 35.5 Å². The summed E-state index contributed by atoms with van der Waals surface area (Å²) in [6, 6.07) is 1.83. The highest BCUT2D eigenvalue weighted by Gasteiger charge is 2.33. The van der Waals surface area contributed by atoms with Gasteiger partial charge < -0.3 is 0 Å². The average Bonchev–Trinajstić information content (AvgIpc) is 3.08. The van der Waals surface area contributed by atoms with Crippen molar-refractivity contribution in [2.24, 2.45) is 17.8 Å². The lowest BCUT2D eigenvalue weighted by Gasteiger charge is -2.37. The van der Waals surface area contributed by atoms with Crippen molar-refractivity contribution >= 4 is 33.7 Å². The predicted octanol–water partition coefficient (Wildman–Crippen LogP) is 5.24. The van der Waals surface area contributed by atoms with Crippen LogP contribution < -0.4 is 5.32 Å². The zero-order valence-electron chi connectivity index (χ0n) is 13.2. The fourth-order valence-electron chi connectivity index (χ4n) is 3.86. The summed E-state index contributed by atoms with van der Waals surface area (Å²) in [7, 11) is 0. The molecule has 118 valence electrons. The molecular formula is C17H22N2OS2. The van der Waals surface area contributed by atoms with Crippen molar-refractivity contribution in [3.63, 3.8) is 0 Å². The third-order valence-electron chi connectivity index (χ3n) is 4.64. The molecule has 3 nitrogen and oxygen atoms in total. The van der Waals surface area contributed by atoms with Crippen molar-refractivity contribution in [3.05, 3.63) is 33.5 Å². The van der Waals surface area contributed by atoms with Crippen molar-refractivity contribution in [1.82, 2.24) is 4.98 Å². The number of anilines is 1. The van der Waals surface area contributed by atoms with E-state index in [2.05, 4.69) is 31.5 Å². The Balaban J connectivity index is 1.72. The number of carbonyl (C=O) groups is 1. The van der Waals surface area contributed by atoms with Gasteiger partial charge in [0, 0.05) is 16.7 Å². The van der Waals surface area contributed by atoms with Crippen molar-refractivity contribution in [2.45, 2.75) is 39.5 Å². The molecule has 2 unspecified atom stereocenters. The molecule has 1 aliphatic carbocycles. The fraction of sp³-hybridized carbons (Fsp3) is 0.529. The highest BCUT2D eigenvalue weighted by molar-refractivity contribution is 7.14. The van der Waals surface area contributed by atoms with Gasteiger partial charge in [0.05, 0.1) is 11.3 Å². The minimum absolute atomic E-state index is 0.0690. The molecule has 1 N–H and O–H groups in total. The Morgan fingerprint density at radius 1 is 1.23 bits per heavy atom. The van der Waals surface area contributed by atoms with E-state index in [9.17, 15) is 4.79 Å². The SMILES string of the molecule is CC1CC(C)C(c2csc(NC(=O)c3ccsc3)n2)C(C)C1. The highest BCUT2D eigenvalue weighted by atomic mass is 32.1. The van der Waals surface area contributed by atoms with Crippen LogP contribution in [0.1, 0.15) is 55.6 Å². The summed E-state index contributed by atoms with van der Waals surface area (Å²) in [5, 5.41) is 9.52. The molecule has 5 heteroatoms. The largest absolute Gasteiger partial charge is 0.298 e. The number of nitrogens with zero attached hydrogens (tertiary/aromatic N) is 1. The van der Waals surface area contributed by atoms with E-state index in [0.717, 1.165) is 11.6 Å². The zero-order valence-corrected chi connectivity index (χ0v) is 14.8. The maximum atomic E-state index is 12.1. The lowest BCUT2D eigenvalue weighted by molar-refractivity contribution is 0.102. The van der Waals surface area contributed by atoms with Gasteiger partial charge in [0.1, 0.15) is 0 Å². The number of hydrogen-bond donors (Lipinski definition) is 1. The summed E-state index contributed by atoms with van der Waals surface area (Å²) in [4.78, 5) is 16.8. The molecule has 0 saturated heterocycles. The van der Waals surface area contributed by atoms with E-state index in [0.29, 0.717) is 28.4 Å². The van der Waals surface area contributed by atoms with E-state index < -0.39 is 0 Å². The van der Waals surface area contributed by atoms with Crippen LogP contribution in [0.15, 0.2) is 22.2 Å². The quantitative estimate of drug-likeness (QED) is 0.833. The Kier molecular flexibility index (Phi) is 4.64. The van der Waals surface area contributed by atoms with Crippen LogP contribution in [-0.4, -0.2) is 10.9 Å². The maximum Gasteiger partial charge on any atom is 0.258 e. The van der Waals surface area contributed by atoms with Crippen LogP contribution >= 0.6 is 22.7 Å². The molecule has 1 saturated carbocycles. The van der Waals surface area contributed by atoms with Crippen molar-refractivity contribution in [2.75, 3.05) is 5.32 Å². The second-order valence-electron chi connectivity index (χ2n) is 6.60. The van der Waals surface area contributed by atoms with Crippen LogP contribution in [0.25, 0.3) is 0 Å². The van der Waals surface area contributed by atoms with Crippen LogP contribution in [0, 0.1) is 17.8 Å². The van der Waals surface area contributed by atoms with Crippen molar-refractivity contribution in [1.29, 1.82) is 0 Å². The van der Waals surface area contributed by atoms with Gasteiger partial charge in [0.25, 0.3) is 5.91 Å². The molecule has 1 fully saturated rings. The smallest absolute Gasteiger partial charge is 0.258 e. The number of nitrogens with one attached hydrogen (secondary N) is 1. The first kappa shape index (κ1) is 15.7. The topological polar surface area (TPSA) is 42.0 Å². The number of thiazole rings is 1. The van der Waals surface area contributed by atoms with Gasteiger partial charge in [-0.05, 0) is 42.0 Å². The Hall–Kier alpha value is -1.20. The molecule has 2 atom stereocenters. The monoisotopic (exact) mass is 334 g/mol. The maximum absolute atomic E-state index is 12.1. The summed E-state index contributed by atoms with van der Waals surface area (Å²) in [5.74, 6) is 2.56. The molecule has 0 spiro atoms. The number of hydrogen-bond acceptors (Lipinski definition) is 4. The third kappa shape index (κ3) is 3.25. The first-order valence-electron chi connectivity index (χ1n) is 7.83. The Labute approximate surface area is 139 Å². The molecule has 2 aromatic heterocycles. The van der Waals surface area contributed by atoms with E-state index in [-0.39, 0.29) is 5.91 Å². The molecule has 0 aliphatic heterocycles. The van der Waals surface area contributed by atoms with Gasteiger partial charge in [0.15, 0.2) is 5.13 Å². The number of amides is 1. The van der Waals surface area contributed by atoms with Crippen LogP contribution in [-0.2, 0) is 0 Å². The molecule has 2 aromatic rings. The fourth-order valence-corrected chi connectivity index (χ4v) is 5.25. The first-order chi connectivity index (χ1) is 10.5. The van der Waals surface area contributed by atoms with E-state index in [1.54, 1.807) is 0 Å². The lowest BCUT2D eigenvalue weighted by Crippen LogP contribution is -2.27. The van der Waals surface area contributed by atoms with Gasteiger partial charge in [-0.3, -0.25) is 10.1 Å². The molecule has 1 amide bonds. The van der Waals surface area contributed by atoms with E-state index >= 15 is 0 Å². The number of carbonyl (C=O) groups excluding carboxylic acids is 1. The minimum atomic E-state index is -0.0690. The van der Waals surface area contributed by atoms with Gasteiger partial charge >= 0.3 is 0 Å². The third-order valence-corrected chi connectivity index (χ3v) is 6.10. The van der Waals surface area contributed by atoms with Crippen LogP contribution in [0.5, 0.6) is 0 Å². The van der Waals surface area contributed by atoms with Gasteiger partial charge in [-0.15, -0.1) is 11.3 Å². The Bertz CT molecular complexity index is 623. The normalized spacial score (nSPS) is 28.5. The molecule has 3 rings (SSSR count). The summed E-state index contributed by atoms with van der Waals surface area (Å²) in [6.07, 6.45) is 2.53. The second kappa shape index (κ2) is 6.50. The summed E-state index contributed by atoms with van der Waals surface area (Å²) < 4.78 is 0. The minimum Gasteiger partial charge on any atom is -0.298 e. The number of aromatic nitrogens is 1. The van der Waals surface area contributed by atoms with Crippen LogP contribution in [0.2, 0.25) is 0 Å². The average molecular weight is 335 g/mol. The number of thiophene rings is 1. The zero-order chi connectivity index (χ0) is 15.7. The molecule has 2 heterocycles. The van der Waals surface area contributed by atoms with Gasteiger partial charge in [-0.1, -0.05) is 20.8 Å². The van der Waals surface area contributed by atoms with Crippen LogP contribution in [0.3, 0.4) is 0 Å². The lowest BCUT2D eigenvalue weighted by atomic mass is 9.68. The summed E-state index contributed by atoms with van der Waals surface area (Å²) in [6.45, 7) is 7.01. The molecule has 0 aromatic carbocycles. The van der Waals surface area contributed by atoms with Gasteiger partial charge in [0.2, 0.25) is 0 Å². The van der Waals surface area contributed by atoms with E-state index in [4.69, 9.17) is 4.98 Å². The van der Waals surface area contributed by atoms with Gasteiger partial charge in [-0.2, -0.15) is 11.3 Å². The standard InChI is InChI=1S/C17H22N2OS2/c1-10-6-11(2)15(12(3)7-10)14-9-22-17(18-14)19-16(20)13-4-5-21-8-13/h4-5,8-12,15H,6-7H2,1-3H3,(H,18,19,20). The van der Waals surface area contributed by atoms with Gasteiger partial charge in [-0.25, -0.2) is 4.98 Å². The van der Waals surface area contributed by atoms with E-state index in [1.807, 2.05) is 16.8 Å².